The van der Waals surface area contributed by atoms with Crippen molar-refractivity contribution in [3.8, 4) is 11.4 Å². The molecule has 0 atom stereocenters. The Bertz CT molecular complexity index is 534. The van der Waals surface area contributed by atoms with Crippen LogP contribution in [0.25, 0.3) is 11.4 Å². The number of nitrogens with zero attached hydrogens (tertiary/aromatic N) is 4. The van der Waals surface area contributed by atoms with Gasteiger partial charge >= 0.3 is 0 Å². The zero-order chi connectivity index (χ0) is 10.8. The number of nitrogen functional groups attached to an aromatic ring is 1. The molecule has 0 spiro atoms. The van der Waals surface area contributed by atoms with Crippen LogP contribution in [0.3, 0.4) is 0 Å². The SMILES string of the molecule is Cc1nnc(-c2ccncc2)n(N)c1=O. The molecule has 0 saturated heterocycles. The normalized spacial score (nSPS) is 10.2. The molecule has 15 heavy (non-hydrogen) atoms. The van der Waals surface area contributed by atoms with Gasteiger partial charge in [0.15, 0.2) is 5.82 Å². The first kappa shape index (κ1) is 9.32. The topological polar surface area (TPSA) is 86.7 Å². The number of nitrogens with two attached hydrogens (primary N) is 1. The average Bonchev–Trinajstić information content (AvgIpc) is 2.27. The number of aromatic nitrogens is 4. The van der Waals surface area contributed by atoms with Gasteiger partial charge in [-0.3, -0.25) is 9.78 Å². The molecule has 0 saturated carbocycles. The van der Waals surface area contributed by atoms with E-state index in [1.54, 1.807) is 31.5 Å². The number of hydrogen-bond donors (Lipinski definition) is 1. The monoisotopic (exact) mass is 203 g/mol. The predicted molar refractivity (Wildman–Crippen MR) is 54.4 cm³/mol. The van der Waals surface area contributed by atoms with Gasteiger partial charge in [0.1, 0.15) is 5.69 Å². The quantitative estimate of drug-likeness (QED) is 0.644. The van der Waals surface area contributed by atoms with Gasteiger partial charge in [0.05, 0.1) is 0 Å². The molecular formula is C9H9N5O. The Morgan fingerprint density at radius 3 is 2.60 bits per heavy atom. The third kappa shape index (κ3) is 1.56. The molecule has 0 unspecified atom stereocenters. The second-order valence-electron chi connectivity index (χ2n) is 3.02. The minimum atomic E-state index is -0.350. The fourth-order valence-electron chi connectivity index (χ4n) is 1.18. The predicted octanol–water partition coefficient (Wildman–Crippen LogP) is -0.277. The van der Waals surface area contributed by atoms with E-state index in [0.29, 0.717) is 11.4 Å². The summed E-state index contributed by atoms with van der Waals surface area (Å²) in [5.41, 5.74) is 0.629. The largest absolute Gasteiger partial charge is 0.334 e. The van der Waals surface area contributed by atoms with Crippen LogP contribution in [0, 0.1) is 6.92 Å². The molecular weight excluding hydrogens is 194 g/mol. The zero-order valence-corrected chi connectivity index (χ0v) is 8.08. The van der Waals surface area contributed by atoms with Crippen LogP contribution >= 0.6 is 0 Å². The van der Waals surface area contributed by atoms with Gasteiger partial charge in [0.25, 0.3) is 5.56 Å². The summed E-state index contributed by atoms with van der Waals surface area (Å²) in [5, 5.41) is 7.60. The lowest BCUT2D eigenvalue weighted by atomic mass is 10.2. The van der Waals surface area contributed by atoms with Crippen molar-refractivity contribution in [3.05, 3.63) is 40.6 Å². The smallest absolute Gasteiger partial charge is 0.293 e. The van der Waals surface area contributed by atoms with Crippen molar-refractivity contribution < 1.29 is 0 Å². The standard InChI is InChI=1S/C9H9N5O/c1-6-9(15)14(10)8(13-12-6)7-2-4-11-5-3-7/h2-5H,10H2,1H3. The maximum atomic E-state index is 11.5. The summed E-state index contributed by atoms with van der Waals surface area (Å²) in [7, 11) is 0. The van der Waals surface area contributed by atoms with Crippen LogP contribution in [0.4, 0.5) is 0 Å². The molecule has 2 N–H and O–H groups in total. The lowest BCUT2D eigenvalue weighted by Crippen LogP contribution is -2.32. The van der Waals surface area contributed by atoms with Crippen molar-refractivity contribution in [2.45, 2.75) is 6.92 Å². The summed E-state index contributed by atoms with van der Waals surface area (Å²) in [4.78, 5) is 15.3. The molecule has 76 valence electrons. The van der Waals surface area contributed by atoms with E-state index in [4.69, 9.17) is 5.84 Å². The van der Waals surface area contributed by atoms with Gasteiger partial charge < -0.3 is 5.84 Å². The molecule has 0 fully saturated rings. The Morgan fingerprint density at radius 2 is 1.93 bits per heavy atom. The highest BCUT2D eigenvalue weighted by Crippen LogP contribution is 2.10. The molecule has 2 aromatic rings. The summed E-state index contributed by atoms with van der Waals surface area (Å²) in [6.45, 7) is 1.56. The summed E-state index contributed by atoms with van der Waals surface area (Å²) in [6, 6.07) is 3.42. The van der Waals surface area contributed by atoms with Gasteiger partial charge in [0.2, 0.25) is 0 Å². The summed E-state index contributed by atoms with van der Waals surface area (Å²) >= 11 is 0. The van der Waals surface area contributed by atoms with E-state index in [9.17, 15) is 4.79 Å². The Morgan fingerprint density at radius 1 is 1.27 bits per heavy atom. The van der Waals surface area contributed by atoms with Crippen LogP contribution < -0.4 is 11.4 Å². The van der Waals surface area contributed by atoms with Gasteiger partial charge in [-0.2, -0.15) is 0 Å². The molecule has 0 amide bonds. The van der Waals surface area contributed by atoms with Crippen LogP contribution in [0.1, 0.15) is 5.69 Å². The molecule has 0 aromatic carbocycles. The number of pyridine rings is 1. The maximum absolute atomic E-state index is 11.5. The summed E-state index contributed by atoms with van der Waals surface area (Å²) in [6.07, 6.45) is 3.20. The van der Waals surface area contributed by atoms with Crippen molar-refractivity contribution in [2.75, 3.05) is 5.84 Å². The first-order chi connectivity index (χ1) is 7.20. The van der Waals surface area contributed by atoms with Crippen molar-refractivity contribution in [2.24, 2.45) is 0 Å². The van der Waals surface area contributed by atoms with Gasteiger partial charge in [-0.15, -0.1) is 10.2 Å². The van der Waals surface area contributed by atoms with Gasteiger partial charge in [-0.25, -0.2) is 4.68 Å². The highest BCUT2D eigenvalue weighted by Gasteiger charge is 2.08. The molecule has 0 aliphatic carbocycles. The van der Waals surface area contributed by atoms with Gasteiger partial charge in [0, 0.05) is 18.0 Å². The van der Waals surface area contributed by atoms with Crippen LogP contribution in [0.5, 0.6) is 0 Å². The molecule has 0 aliphatic heterocycles. The first-order valence-corrected chi connectivity index (χ1v) is 4.32. The summed E-state index contributed by atoms with van der Waals surface area (Å²) in [5.74, 6) is 5.92. The van der Waals surface area contributed by atoms with E-state index in [1.807, 2.05) is 0 Å². The Labute approximate surface area is 85.4 Å². The van der Waals surface area contributed by atoms with Crippen LogP contribution in [0.2, 0.25) is 0 Å². The van der Waals surface area contributed by atoms with Crippen molar-refractivity contribution in [3.63, 3.8) is 0 Å². The van der Waals surface area contributed by atoms with E-state index in [-0.39, 0.29) is 11.3 Å². The van der Waals surface area contributed by atoms with E-state index in [2.05, 4.69) is 15.2 Å². The van der Waals surface area contributed by atoms with Crippen LogP contribution in [-0.4, -0.2) is 19.9 Å². The van der Waals surface area contributed by atoms with E-state index in [1.165, 1.54) is 0 Å². The number of aryl methyl sites for hydroxylation is 1. The molecule has 6 nitrogen and oxygen atoms in total. The molecule has 0 radical (unpaired) electrons. The first-order valence-electron chi connectivity index (χ1n) is 4.32. The molecule has 0 bridgehead atoms. The van der Waals surface area contributed by atoms with E-state index >= 15 is 0 Å². The lowest BCUT2D eigenvalue weighted by molar-refractivity contribution is 0.806. The fraction of sp³-hybridized carbons (Fsp3) is 0.111. The average molecular weight is 203 g/mol. The Hall–Kier alpha value is -2.24. The fourth-order valence-corrected chi connectivity index (χ4v) is 1.18. The third-order valence-corrected chi connectivity index (χ3v) is 1.99. The minimum Gasteiger partial charge on any atom is -0.334 e. The molecule has 0 aliphatic rings. The van der Waals surface area contributed by atoms with E-state index in [0.717, 1.165) is 4.68 Å². The van der Waals surface area contributed by atoms with Gasteiger partial charge in [-0.05, 0) is 19.1 Å². The number of rotatable bonds is 1. The third-order valence-electron chi connectivity index (χ3n) is 1.99. The van der Waals surface area contributed by atoms with Crippen LogP contribution in [0.15, 0.2) is 29.3 Å². The lowest BCUT2D eigenvalue weighted by Gasteiger charge is -2.05. The zero-order valence-electron chi connectivity index (χ0n) is 8.08. The maximum Gasteiger partial charge on any atom is 0.293 e. The summed E-state index contributed by atoms with van der Waals surface area (Å²) < 4.78 is 0.984. The van der Waals surface area contributed by atoms with Crippen molar-refractivity contribution >= 4 is 0 Å². The highest BCUT2D eigenvalue weighted by atomic mass is 16.1. The molecule has 2 aromatic heterocycles. The second kappa shape index (κ2) is 3.49. The van der Waals surface area contributed by atoms with Crippen molar-refractivity contribution in [1.82, 2.24) is 19.9 Å². The molecule has 2 rings (SSSR count). The minimum absolute atomic E-state index is 0.273. The van der Waals surface area contributed by atoms with Crippen LogP contribution in [-0.2, 0) is 0 Å². The molecule has 6 heteroatoms. The van der Waals surface area contributed by atoms with E-state index < -0.39 is 0 Å². The second-order valence-corrected chi connectivity index (χ2v) is 3.02. The Kier molecular flexibility index (Phi) is 2.17. The number of hydrogen-bond acceptors (Lipinski definition) is 5. The Balaban J connectivity index is 2.66. The molecule has 2 heterocycles. The highest BCUT2D eigenvalue weighted by molar-refractivity contribution is 5.53. The van der Waals surface area contributed by atoms with Crippen molar-refractivity contribution in [1.29, 1.82) is 0 Å². The van der Waals surface area contributed by atoms with Gasteiger partial charge in [-0.1, -0.05) is 0 Å².